The third-order valence-corrected chi connectivity index (χ3v) is 3.64. The average molecular weight is 373 g/mol. The van der Waals surface area contributed by atoms with Gasteiger partial charge < -0.3 is 10.1 Å². The van der Waals surface area contributed by atoms with Gasteiger partial charge in [0.25, 0.3) is 5.91 Å². The predicted octanol–water partition coefficient (Wildman–Crippen LogP) is 4.05. The average Bonchev–Trinajstić information content (AvgIpc) is 2.45. The van der Waals surface area contributed by atoms with Crippen LogP contribution in [0.4, 0.5) is 4.39 Å². The maximum atomic E-state index is 12.9. The number of amides is 1. The maximum absolute atomic E-state index is 12.9. The molecule has 0 aliphatic carbocycles. The van der Waals surface area contributed by atoms with Gasteiger partial charge in [0.05, 0.1) is 17.1 Å². The van der Waals surface area contributed by atoms with Crippen LogP contribution in [0.25, 0.3) is 0 Å². The van der Waals surface area contributed by atoms with Gasteiger partial charge in [0.1, 0.15) is 18.2 Å². The molecule has 2 aromatic carbocycles. The zero-order valence-electron chi connectivity index (χ0n) is 10.9. The number of carbonyl (C=O) groups excluding carboxylic acids is 1. The van der Waals surface area contributed by atoms with Crippen molar-refractivity contribution in [3.63, 3.8) is 0 Å². The van der Waals surface area contributed by atoms with Crippen molar-refractivity contribution >= 4 is 33.4 Å². The fourth-order valence-corrected chi connectivity index (χ4v) is 2.35. The summed E-state index contributed by atoms with van der Waals surface area (Å²) in [5.41, 5.74) is 0.553. The van der Waals surface area contributed by atoms with Crippen LogP contribution in [0, 0.1) is 5.82 Å². The highest BCUT2D eigenvalue weighted by Crippen LogP contribution is 2.24. The summed E-state index contributed by atoms with van der Waals surface area (Å²) in [6, 6.07) is 11.0. The summed E-state index contributed by atoms with van der Waals surface area (Å²) in [5.74, 6) is -0.237. The van der Waals surface area contributed by atoms with Gasteiger partial charge in [-0.25, -0.2) is 4.39 Å². The highest BCUT2D eigenvalue weighted by molar-refractivity contribution is 9.10. The topological polar surface area (TPSA) is 38.3 Å². The van der Waals surface area contributed by atoms with E-state index in [2.05, 4.69) is 21.2 Å². The minimum Gasteiger partial charge on any atom is -0.490 e. The Hall–Kier alpha value is -1.59. The van der Waals surface area contributed by atoms with Crippen molar-refractivity contribution < 1.29 is 13.9 Å². The number of nitrogens with one attached hydrogen (secondary N) is 1. The minimum atomic E-state index is -0.422. The first kappa shape index (κ1) is 15.8. The van der Waals surface area contributed by atoms with Crippen LogP contribution in [0.3, 0.4) is 0 Å². The molecule has 0 unspecified atom stereocenters. The van der Waals surface area contributed by atoms with Crippen molar-refractivity contribution in [2.45, 2.75) is 0 Å². The van der Waals surface area contributed by atoms with Crippen LogP contribution in [-0.2, 0) is 0 Å². The van der Waals surface area contributed by atoms with E-state index < -0.39 is 5.82 Å². The molecule has 0 saturated carbocycles. The first-order valence-electron chi connectivity index (χ1n) is 6.18. The van der Waals surface area contributed by atoms with Gasteiger partial charge in [-0.05, 0) is 46.3 Å². The summed E-state index contributed by atoms with van der Waals surface area (Å²) in [4.78, 5) is 11.9. The van der Waals surface area contributed by atoms with Crippen LogP contribution in [0.1, 0.15) is 10.4 Å². The Balaban J connectivity index is 1.82. The second kappa shape index (κ2) is 7.43. The van der Waals surface area contributed by atoms with E-state index in [1.54, 1.807) is 18.2 Å². The van der Waals surface area contributed by atoms with E-state index in [4.69, 9.17) is 16.3 Å². The van der Waals surface area contributed by atoms with Gasteiger partial charge in [-0.15, -0.1) is 0 Å². The third kappa shape index (κ3) is 4.44. The van der Waals surface area contributed by atoms with Crippen molar-refractivity contribution in [1.29, 1.82) is 0 Å². The summed E-state index contributed by atoms with van der Waals surface area (Å²) in [5, 5.41) is 2.93. The molecule has 0 heterocycles. The summed E-state index contributed by atoms with van der Waals surface area (Å²) >= 11 is 9.14. The van der Waals surface area contributed by atoms with Crippen LogP contribution >= 0.6 is 27.5 Å². The van der Waals surface area contributed by atoms with E-state index in [-0.39, 0.29) is 17.5 Å². The fourth-order valence-electron chi connectivity index (χ4n) is 1.66. The Morgan fingerprint density at radius 2 is 2.05 bits per heavy atom. The molecule has 0 aliphatic heterocycles. The number of hydrogen-bond acceptors (Lipinski definition) is 2. The molecule has 6 heteroatoms. The molecule has 110 valence electrons. The summed E-state index contributed by atoms with van der Waals surface area (Å²) < 4.78 is 19.0. The number of ether oxygens (including phenoxy) is 1. The summed E-state index contributed by atoms with van der Waals surface area (Å²) in [7, 11) is 0. The van der Waals surface area contributed by atoms with E-state index in [0.717, 1.165) is 4.47 Å². The Morgan fingerprint density at radius 1 is 1.29 bits per heavy atom. The van der Waals surface area contributed by atoms with Crippen LogP contribution in [0.2, 0.25) is 5.02 Å². The lowest BCUT2D eigenvalue weighted by Gasteiger charge is -2.09. The minimum absolute atomic E-state index is 0.198. The lowest BCUT2D eigenvalue weighted by Crippen LogP contribution is -2.28. The summed E-state index contributed by atoms with van der Waals surface area (Å²) in [6.07, 6.45) is 0. The largest absolute Gasteiger partial charge is 0.490 e. The number of halogens is 3. The Kier molecular flexibility index (Phi) is 5.59. The van der Waals surface area contributed by atoms with Crippen LogP contribution in [-0.4, -0.2) is 19.1 Å². The maximum Gasteiger partial charge on any atom is 0.252 e. The molecule has 0 saturated heterocycles. The van der Waals surface area contributed by atoms with E-state index >= 15 is 0 Å². The van der Waals surface area contributed by atoms with Crippen LogP contribution < -0.4 is 10.1 Å². The Morgan fingerprint density at radius 3 is 2.76 bits per heavy atom. The number of carbonyl (C=O) groups is 1. The van der Waals surface area contributed by atoms with Crippen molar-refractivity contribution in [3.05, 3.63) is 63.3 Å². The molecule has 0 aliphatic rings. The second-order valence-electron chi connectivity index (χ2n) is 4.16. The SMILES string of the molecule is O=C(NCCOc1ccc(F)cc1Cl)c1ccccc1Br. The Bertz CT molecular complexity index is 651. The number of hydrogen-bond donors (Lipinski definition) is 1. The standard InChI is InChI=1S/C15H12BrClFNO2/c16-12-4-2-1-3-11(12)15(20)19-7-8-21-14-6-5-10(18)9-13(14)17/h1-6,9H,7-8H2,(H,19,20). The van der Waals surface area contributed by atoms with E-state index in [0.29, 0.717) is 17.9 Å². The predicted molar refractivity (Wildman–Crippen MR) is 83.4 cm³/mol. The lowest BCUT2D eigenvalue weighted by molar-refractivity contribution is 0.0946. The van der Waals surface area contributed by atoms with Crippen LogP contribution in [0.15, 0.2) is 46.9 Å². The molecule has 21 heavy (non-hydrogen) atoms. The van der Waals surface area contributed by atoms with Crippen molar-refractivity contribution in [2.24, 2.45) is 0 Å². The number of rotatable bonds is 5. The molecule has 0 bridgehead atoms. The van der Waals surface area contributed by atoms with Gasteiger partial charge >= 0.3 is 0 Å². The van der Waals surface area contributed by atoms with Crippen molar-refractivity contribution in [2.75, 3.05) is 13.2 Å². The molecule has 3 nitrogen and oxygen atoms in total. The van der Waals surface area contributed by atoms with Gasteiger partial charge in [-0.1, -0.05) is 23.7 Å². The zero-order chi connectivity index (χ0) is 15.2. The molecule has 1 N–H and O–H groups in total. The van der Waals surface area contributed by atoms with E-state index in [1.807, 2.05) is 6.07 Å². The highest BCUT2D eigenvalue weighted by atomic mass is 79.9. The van der Waals surface area contributed by atoms with Gasteiger partial charge in [-0.3, -0.25) is 4.79 Å². The van der Waals surface area contributed by atoms with E-state index in [1.165, 1.54) is 18.2 Å². The Labute approximate surface area is 135 Å². The third-order valence-electron chi connectivity index (χ3n) is 2.66. The molecule has 2 aromatic rings. The lowest BCUT2D eigenvalue weighted by atomic mass is 10.2. The molecule has 0 aromatic heterocycles. The molecular formula is C15H12BrClFNO2. The molecule has 1 amide bonds. The monoisotopic (exact) mass is 371 g/mol. The molecule has 0 radical (unpaired) electrons. The van der Waals surface area contributed by atoms with Crippen molar-refractivity contribution in [3.8, 4) is 5.75 Å². The zero-order valence-corrected chi connectivity index (χ0v) is 13.2. The van der Waals surface area contributed by atoms with Crippen molar-refractivity contribution in [1.82, 2.24) is 5.32 Å². The molecule has 0 spiro atoms. The number of benzene rings is 2. The van der Waals surface area contributed by atoms with Crippen LogP contribution in [0.5, 0.6) is 5.75 Å². The van der Waals surface area contributed by atoms with Gasteiger partial charge in [0.15, 0.2) is 0 Å². The molecule has 0 atom stereocenters. The molecule has 2 rings (SSSR count). The van der Waals surface area contributed by atoms with E-state index in [9.17, 15) is 9.18 Å². The molecular weight excluding hydrogens is 361 g/mol. The first-order valence-corrected chi connectivity index (χ1v) is 7.35. The quantitative estimate of drug-likeness (QED) is 0.804. The first-order chi connectivity index (χ1) is 10.1. The molecule has 0 fully saturated rings. The van der Waals surface area contributed by atoms with Gasteiger partial charge in [0, 0.05) is 4.47 Å². The fraction of sp³-hybridized carbons (Fsp3) is 0.133. The normalized spacial score (nSPS) is 10.2. The van der Waals surface area contributed by atoms with Gasteiger partial charge in [0.2, 0.25) is 0 Å². The highest BCUT2D eigenvalue weighted by Gasteiger charge is 2.08. The smallest absolute Gasteiger partial charge is 0.252 e. The summed E-state index contributed by atoms with van der Waals surface area (Å²) in [6.45, 7) is 0.551. The second-order valence-corrected chi connectivity index (χ2v) is 5.42. The van der Waals surface area contributed by atoms with Gasteiger partial charge in [-0.2, -0.15) is 0 Å².